The molecule has 0 spiro atoms. The number of rotatable bonds is 7. The molecule has 0 aliphatic carbocycles. The van der Waals surface area contributed by atoms with Crippen LogP contribution in [-0.2, 0) is 4.74 Å². The first-order valence-corrected chi connectivity index (χ1v) is 5.55. The molecule has 0 unspecified atom stereocenters. The number of aromatic nitrogens is 2. The van der Waals surface area contributed by atoms with Crippen molar-refractivity contribution in [3.63, 3.8) is 0 Å². The molecule has 0 aliphatic heterocycles. The molecule has 90 valence electrons. The van der Waals surface area contributed by atoms with E-state index in [4.69, 9.17) is 4.74 Å². The van der Waals surface area contributed by atoms with E-state index in [1.165, 1.54) is 12.4 Å². The predicted octanol–water partition coefficient (Wildman–Crippen LogP) is 1.24. The molecule has 1 rings (SSSR count). The summed E-state index contributed by atoms with van der Waals surface area (Å²) in [6.07, 6.45) is 2.45. The molecule has 1 aromatic heterocycles. The molecule has 0 fully saturated rings. The lowest BCUT2D eigenvalue weighted by molar-refractivity contribution is 0.132. The first kappa shape index (κ1) is 12.7. The van der Waals surface area contributed by atoms with E-state index >= 15 is 0 Å². The molecule has 2 N–H and O–H groups in total. The minimum absolute atomic E-state index is 0.154. The van der Waals surface area contributed by atoms with Gasteiger partial charge in [-0.15, -0.1) is 0 Å². The number of ether oxygens (including phenoxy) is 1. The number of nitrogens with zero attached hydrogens (tertiary/aromatic N) is 1. The number of anilines is 1. The van der Waals surface area contributed by atoms with Crippen molar-refractivity contribution < 1.29 is 4.74 Å². The van der Waals surface area contributed by atoms with Crippen molar-refractivity contribution >= 4 is 5.82 Å². The average molecular weight is 225 g/mol. The molecule has 16 heavy (non-hydrogen) atoms. The molecule has 0 amide bonds. The van der Waals surface area contributed by atoms with E-state index in [0.717, 1.165) is 13.0 Å². The zero-order valence-electron chi connectivity index (χ0n) is 9.82. The van der Waals surface area contributed by atoms with E-state index < -0.39 is 0 Å². The summed E-state index contributed by atoms with van der Waals surface area (Å²) in [5.41, 5.74) is -0.154. The standard InChI is InChI=1S/C11H19N3O2/c1-9(2)3-5-16-6-4-12-10-7-11(15)14-8-13-10/h7-9H,3-6H2,1-2H3,(H2,12,13,14,15). The summed E-state index contributed by atoms with van der Waals surface area (Å²) in [5.74, 6) is 1.25. The van der Waals surface area contributed by atoms with Crippen molar-refractivity contribution in [2.45, 2.75) is 20.3 Å². The highest BCUT2D eigenvalue weighted by Crippen LogP contribution is 1.99. The summed E-state index contributed by atoms with van der Waals surface area (Å²) in [5, 5.41) is 3.02. The van der Waals surface area contributed by atoms with Gasteiger partial charge in [-0.1, -0.05) is 13.8 Å². The topological polar surface area (TPSA) is 67.0 Å². The van der Waals surface area contributed by atoms with Crippen LogP contribution in [0.5, 0.6) is 0 Å². The SMILES string of the molecule is CC(C)CCOCCNc1cc(=O)[nH]cn1. The lowest BCUT2D eigenvalue weighted by atomic mass is 10.1. The van der Waals surface area contributed by atoms with Crippen molar-refractivity contribution in [1.82, 2.24) is 9.97 Å². The van der Waals surface area contributed by atoms with Crippen LogP contribution < -0.4 is 10.9 Å². The normalized spacial score (nSPS) is 10.7. The van der Waals surface area contributed by atoms with Crippen LogP contribution in [0, 0.1) is 5.92 Å². The van der Waals surface area contributed by atoms with E-state index in [-0.39, 0.29) is 5.56 Å². The fraction of sp³-hybridized carbons (Fsp3) is 0.636. The van der Waals surface area contributed by atoms with Crippen molar-refractivity contribution in [2.24, 2.45) is 5.92 Å². The third kappa shape index (κ3) is 5.50. The predicted molar refractivity (Wildman–Crippen MR) is 63.6 cm³/mol. The van der Waals surface area contributed by atoms with Gasteiger partial charge in [-0.25, -0.2) is 4.98 Å². The van der Waals surface area contributed by atoms with Crippen LogP contribution in [0.4, 0.5) is 5.82 Å². The molecule has 0 saturated heterocycles. The lowest BCUT2D eigenvalue weighted by Crippen LogP contribution is -2.14. The maximum absolute atomic E-state index is 10.9. The average Bonchev–Trinajstić information content (AvgIpc) is 2.23. The van der Waals surface area contributed by atoms with Gasteiger partial charge >= 0.3 is 0 Å². The van der Waals surface area contributed by atoms with Gasteiger partial charge < -0.3 is 15.0 Å². The molecule has 1 aromatic rings. The Morgan fingerprint density at radius 1 is 1.50 bits per heavy atom. The third-order valence-corrected chi connectivity index (χ3v) is 2.07. The molecule has 0 radical (unpaired) electrons. The quantitative estimate of drug-likeness (QED) is 0.685. The van der Waals surface area contributed by atoms with E-state index in [1.807, 2.05) is 0 Å². The highest BCUT2D eigenvalue weighted by molar-refractivity contribution is 5.31. The largest absolute Gasteiger partial charge is 0.380 e. The highest BCUT2D eigenvalue weighted by Gasteiger charge is 1.95. The van der Waals surface area contributed by atoms with Gasteiger partial charge in [0.15, 0.2) is 0 Å². The van der Waals surface area contributed by atoms with Crippen molar-refractivity contribution in [3.8, 4) is 0 Å². The maximum atomic E-state index is 10.9. The summed E-state index contributed by atoms with van der Waals surface area (Å²) in [6, 6.07) is 1.42. The van der Waals surface area contributed by atoms with Gasteiger partial charge in [0.2, 0.25) is 0 Å². The number of nitrogens with one attached hydrogen (secondary N) is 2. The fourth-order valence-electron chi connectivity index (χ4n) is 1.14. The molecule has 5 nitrogen and oxygen atoms in total. The van der Waals surface area contributed by atoms with Gasteiger partial charge in [-0.05, 0) is 12.3 Å². The van der Waals surface area contributed by atoms with Crippen LogP contribution in [0.1, 0.15) is 20.3 Å². The second-order valence-electron chi connectivity index (χ2n) is 4.02. The van der Waals surface area contributed by atoms with Gasteiger partial charge in [0.1, 0.15) is 5.82 Å². The summed E-state index contributed by atoms with van der Waals surface area (Å²) in [6.45, 7) is 6.40. The Morgan fingerprint density at radius 2 is 2.31 bits per heavy atom. The number of H-pyrrole nitrogens is 1. The summed E-state index contributed by atoms with van der Waals surface area (Å²) < 4.78 is 5.42. The summed E-state index contributed by atoms with van der Waals surface area (Å²) in [7, 11) is 0. The minimum atomic E-state index is -0.154. The summed E-state index contributed by atoms with van der Waals surface area (Å²) in [4.78, 5) is 17.4. The highest BCUT2D eigenvalue weighted by atomic mass is 16.5. The van der Waals surface area contributed by atoms with E-state index in [0.29, 0.717) is 24.9 Å². The van der Waals surface area contributed by atoms with Crippen molar-refractivity contribution in [2.75, 3.05) is 25.1 Å². The molecule has 0 aliphatic rings. The molecule has 0 atom stereocenters. The van der Waals surface area contributed by atoms with Crippen LogP contribution in [0.2, 0.25) is 0 Å². The van der Waals surface area contributed by atoms with Gasteiger partial charge in [0.25, 0.3) is 5.56 Å². The Labute approximate surface area is 95.3 Å². The number of aromatic amines is 1. The van der Waals surface area contributed by atoms with Crippen LogP contribution in [-0.4, -0.2) is 29.7 Å². The van der Waals surface area contributed by atoms with Crippen LogP contribution in [0.3, 0.4) is 0 Å². The number of hydrogen-bond donors (Lipinski definition) is 2. The van der Waals surface area contributed by atoms with Gasteiger partial charge in [0.05, 0.1) is 12.9 Å². The lowest BCUT2D eigenvalue weighted by Gasteiger charge is -2.07. The number of hydrogen-bond acceptors (Lipinski definition) is 4. The maximum Gasteiger partial charge on any atom is 0.252 e. The molecule has 0 saturated carbocycles. The van der Waals surface area contributed by atoms with Gasteiger partial charge in [0, 0.05) is 19.2 Å². The fourth-order valence-corrected chi connectivity index (χ4v) is 1.14. The Balaban J connectivity index is 2.09. The first-order valence-electron chi connectivity index (χ1n) is 5.55. The molecule has 1 heterocycles. The molecule has 0 aromatic carbocycles. The second-order valence-corrected chi connectivity index (χ2v) is 4.02. The monoisotopic (exact) mass is 225 g/mol. The van der Waals surface area contributed by atoms with Crippen molar-refractivity contribution in [1.29, 1.82) is 0 Å². The van der Waals surface area contributed by atoms with Crippen LogP contribution in [0.25, 0.3) is 0 Å². The molecule has 5 heteroatoms. The first-order chi connectivity index (χ1) is 7.68. The van der Waals surface area contributed by atoms with E-state index in [9.17, 15) is 4.79 Å². The van der Waals surface area contributed by atoms with Crippen molar-refractivity contribution in [3.05, 3.63) is 22.7 Å². The van der Waals surface area contributed by atoms with Crippen LogP contribution in [0.15, 0.2) is 17.2 Å². The third-order valence-electron chi connectivity index (χ3n) is 2.07. The molecule has 0 bridgehead atoms. The smallest absolute Gasteiger partial charge is 0.252 e. The molecular weight excluding hydrogens is 206 g/mol. The Morgan fingerprint density at radius 3 is 3.00 bits per heavy atom. The molecular formula is C11H19N3O2. The second kappa shape index (κ2) is 7.00. The van der Waals surface area contributed by atoms with E-state index in [2.05, 4.69) is 29.1 Å². The van der Waals surface area contributed by atoms with Gasteiger partial charge in [-0.2, -0.15) is 0 Å². The Bertz CT molecular complexity index is 349. The van der Waals surface area contributed by atoms with Crippen LogP contribution >= 0.6 is 0 Å². The summed E-state index contributed by atoms with van der Waals surface area (Å²) >= 11 is 0. The van der Waals surface area contributed by atoms with Gasteiger partial charge in [-0.3, -0.25) is 4.79 Å². The Hall–Kier alpha value is -1.36. The zero-order chi connectivity index (χ0) is 11.8. The minimum Gasteiger partial charge on any atom is -0.380 e. The Kier molecular flexibility index (Phi) is 5.56. The zero-order valence-corrected chi connectivity index (χ0v) is 9.82. The van der Waals surface area contributed by atoms with E-state index in [1.54, 1.807) is 0 Å².